The Balaban J connectivity index is 4.96. The molecule has 88 valence electrons. The van der Waals surface area contributed by atoms with E-state index in [-0.39, 0.29) is 6.29 Å². The molecule has 0 radical (unpaired) electrons. The largest absolute Gasteiger partial charge is 0.394 e. The molecule has 0 aliphatic rings. The first-order valence-electron chi connectivity index (χ1n) is 4.13. The monoisotopic (exact) mass is 230 g/mol. The summed E-state index contributed by atoms with van der Waals surface area (Å²) in [5.41, 5.74) is 16.3. The summed E-state index contributed by atoms with van der Waals surface area (Å²) in [6.07, 6.45) is -3.11. The van der Waals surface area contributed by atoms with Crippen molar-refractivity contribution in [1.82, 2.24) is 0 Å². The lowest BCUT2D eigenvalue weighted by Crippen LogP contribution is -2.44. The van der Waals surface area contributed by atoms with Gasteiger partial charge in [-0.3, -0.25) is 0 Å². The molecule has 0 aromatic rings. The minimum atomic E-state index is -1.70. The first-order chi connectivity index (χ1) is 7.62. The van der Waals surface area contributed by atoms with E-state index in [9.17, 15) is 15.0 Å². The fourth-order valence-corrected chi connectivity index (χ4v) is 0.978. The minimum Gasteiger partial charge on any atom is -0.394 e. The maximum absolute atomic E-state index is 10.5. The van der Waals surface area contributed by atoms with Crippen molar-refractivity contribution in [1.29, 1.82) is 0 Å². The Morgan fingerprint density at radius 1 is 1.25 bits per heavy atom. The van der Waals surface area contributed by atoms with Gasteiger partial charge in [0.25, 0.3) is 0 Å². The number of rotatable bonds is 7. The molecule has 16 heavy (non-hydrogen) atoms. The molecule has 0 aromatic heterocycles. The fraction of sp³-hybridized carbons (Fsp3) is 0.833. The van der Waals surface area contributed by atoms with E-state index in [1.54, 1.807) is 0 Å². The molecule has 0 heterocycles. The molecule has 0 aromatic carbocycles. The predicted molar refractivity (Wildman–Crippen MR) is 51.0 cm³/mol. The molecule has 10 nitrogen and oxygen atoms in total. The summed E-state index contributed by atoms with van der Waals surface area (Å²) in [6, 6.07) is -2.97. The van der Waals surface area contributed by atoms with Crippen molar-refractivity contribution in [3.63, 3.8) is 0 Å². The Hall–Kier alpha value is -1.83. The molecule has 0 rings (SSSR count). The van der Waals surface area contributed by atoms with Gasteiger partial charge >= 0.3 is 0 Å². The second kappa shape index (κ2) is 7.46. The Kier molecular flexibility index (Phi) is 6.61. The van der Waals surface area contributed by atoms with Crippen LogP contribution in [-0.2, 0) is 4.79 Å². The normalized spacial score (nSPS) is 17.2. The van der Waals surface area contributed by atoms with E-state index in [0.717, 1.165) is 0 Å². The van der Waals surface area contributed by atoms with Crippen molar-refractivity contribution in [3.05, 3.63) is 20.9 Å². The Morgan fingerprint density at radius 2 is 1.81 bits per heavy atom. The lowest BCUT2D eigenvalue weighted by molar-refractivity contribution is -0.111. The zero-order valence-electron chi connectivity index (χ0n) is 8.03. The van der Waals surface area contributed by atoms with E-state index < -0.39 is 30.9 Å². The first-order valence-corrected chi connectivity index (χ1v) is 4.13. The number of azide groups is 2. The second-order valence-corrected chi connectivity index (χ2v) is 2.77. The third kappa shape index (κ3) is 3.73. The number of nitrogens with zero attached hydrogens (tertiary/aromatic N) is 6. The maximum Gasteiger partial charge on any atom is 0.131 e. The lowest BCUT2D eigenvalue weighted by atomic mass is 10.0. The van der Waals surface area contributed by atoms with E-state index in [1.165, 1.54) is 0 Å². The Labute approximate surface area is 89.4 Å². The average molecular weight is 230 g/mol. The smallest absolute Gasteiger partial charge is 0.131 e. The molecule has 10 heteroatoms. The van der Waals surface area contributed by atoms with Gasteiger partial charge in [-0.1, -0.05) is 10.2 Å². The molecule has 0 unspecified atom stereocenters. The zero-order chi connectivity index (χ0) is 12.6. The highest BCUT2D eigenvalue weighted by Gasteiger charge is 2.31. The van der Waals surface area contributed by atoms with Gasteiger partial charge in [0.2, 0.25) is 0 Å². The summed E-state index contributed by atoms with van der Waals surface area (Å²) in [5.74, 6) is 0. The van der Waals surface area contributed by atoms with Gasteiger partial charge in [-0.15, -0.1) is 0 Å². The average Bonchev–Trinajstić information content (AvgIpc) is 2.31. The third-order valence-corrected chi connectivity index (χ3v) is 1.79. The topological polar surface area (TPSA) is 175 Å². The molecule has 0 saturated carbocycles. The number of aliphatic hydroxyl groups excluding tert-OH is 3. The summed E-state index contributed by atoms with van der Waals surface area (Å²) in [4.78, 5) is 15.1. The van der Waals surface area contributed by atoms with Gasteiger partial charge in [0.15, 0.2) is 0 Å². The molecule has 3 N–H and O–H groups in total. The lowest BCUT2D eigenvalue weighted by Gasteiger charge is -2.23. The molecule has 0 spiro atoms. The van der Waals surface area contributed by atoms with Gasteiger partial charge in [0.05, 0.1) is 24.9 Å². The predicted octanol–water partition coefficient (Wildman–Crippen LogP) is -0.743. The SMILES string of the molecule is [N-]=[N+]=N[C@H]([C@H](O)[C@H](C=O)N=[N+]=[N-])[C@H](O)CO. The highest BCUT2D eigenvalue weighted by atomic mass is 16.3. The zero-order valence-corrected chi connectivity index (χ0v) is 8.03. The van der Waals surface area contributed by atoms with Crippen molar-refractivity contribution in [2.75, 3.05) is 6.61 Å². The van der Waals surface area contributed by atoms with Crippen LogP contribution in [0, 0.1) is 0 Å². The molecule has 4 atom stereocenters. The van der Waals surface area contributed by atoms with Crippen molar-refractivity contribution < 1.29 is 20.1 Å². The summed E-state index contributed by atoms with van der Waals surface area (Å²) in [5, 5.41) is 33.3. The van der Waals surface area contributed by atoms with Crippen LogP contribution >= 0.6 is 0 Å². The van der Waals surface area contributed by atoms with E-state index >= 15 is 0 Å². The summed E-state index contributed by atoms with van der Waals surface area (Å²) in [7, 11) is 0. The summed E-state index contributed by atoms with van der Waals surface area (Å²) < 4.78 is 0. The summed E-state index contributed by atoms with van der Waals surface area (Å²) >= 11 is 0. The minimum absolute atomic E-state index is 0.147. The van der Waals surface area contributed by atoms with E-state index in [4.69, 9.17) is 16.2 Å². The van der Waals surface area contributed by atoms with Gasteiger partial charge in [-0.2, -0.15) is 0 Å². The molecule has 0 fully saturated rings. The molecule has 0 saturated heterocycles. The molecule has 0 amide bonds. The van der Waals surface area contributed by atoms with Gasteiger partial charge in [-0.05, 0) is 11.1 Å². The van der Waals surface area contributed by atoms with Crippen molar-refractivity contribution in [2.24, 2.45) is 10.2 Å². The number of carbonyl (C=O) groups is 1. The summed E-state index contributed by atoms with van der Waals surface area (Å²) in [6.45, 7) is -0.775. The maximum atomic E-state index is 10.5. The highest BCUT2D eigenvalue weighted by molar-refractivity contribution is 5.59. The second-order valence-electron chi connectivity index (χ2n) is 2.77. The molecule has 0 aliphatic heterocycles. The quantitative estimate of drug-likeness (QED) is 0.226. The van der Waals surface area contributed by atoms with Crippen LogP contribution in [0.1, 0.15) is 0 Å². The van der Waals surface area contributed by atoms with E-state index in [0.29, 0.717) is 0 Å². The van der Waals surface area contributed by atoms with Crippen molar-refractivity contribution in [3.8, 4) is 0 Å². The number of aliphatic hydroxyl groups is 3. The van der Waals surface area contributed by atoms with Crippen LogP contribution in [0.25, 0.3) is 20.9 Å². The van der Waals surface area contributed by atoms with Gasteiger partial charge in [-0.25, -0.2) is 0 Å². The van der Waals surface area contributed by atoms with Gasteiger partial charge in [0, 0.05) is 9.82 Å². The van der Waals surface area contributed by atoms with Crippen LogP contribution in [-0.4, -0.2) is 52.5 Å². The number of carbonyl (C=O) groups excluding carboxylic acids is 1. The van der Waals surface area contributed by atoms with Crippen molar-refractivity contribution >= 4 is 6.29 Å². The number of hydrogen-bond acceptors (Lipinski definition) is 6. The van der Waals surface area contributed by atoms with Gasteiger partial charge in [0.1, 0.15) is 12.3 Å². The first kappa shape index (κ1) is 14.2. The molecule has 0 bridgehead atoms. The van der Waals surface area contributed by atoms with Crippen LogP contribution < -0.4 is 0 Å². The third-order valence-electron chi connectivity index (χ3n) is 1.79. The molecule has 0 aliphatic carbocycles. The van der Waals surface area contributed by atoms with Crippen LogP contribution in [0.2, 0.25) is 0 Å². The van der Waals surface area contributed by atoms with Crippen LogP contribution in [0.3, 0.4) is 0 Å². The Morgan fingerprint density at radius 3 is 2.19 bits per heavy atom. The van der Waals surface area contributed by atoms with E-state index in [2.05, 4.69) is 20.1 Å². The Bertz CT molecular complexity index is 323. The van der Waals surface area contributed by atoms with Gasteiger partial charge < -0.3 is 20.1 Å². The van der Waals surface area contributed by atoms with E-state index in [1.807, 2.05) is 0 Å². The number of aldehydes is 1. The van der Waals surface area contributed by atoms with Crippen LogP contribution in [0.5, 0.6) is 0 Å². The van der Waals surface area contributed by atoms with Crippen LogP contribution in [0.4, 0.5) is 0 Å². The van der Waals surface area contributed by atoms with Crippen molar-refractivity contribution in [2.45, 2.75) is 24.3 Å². The highest BCUT2D eigenvalue weighted by Crippen LogP contribution is 2.11. The number of hydrogen-bond donors (Lipinski definition) is 3. The fourth-order valence-electron chi connectivity index (χ4n) is 0.978. The molecular formula is C6H10N6O4. The van der Waals surface area contributed by atoms with Crippen LogP contribution in [0.15, 0.2) is 10.2 Å². The standard InChI is InChI=1S/C6H10N6O4/c7-11-9-3(1-13)6(16)5(10-12-8)4(15)2-14/h1,3-6,14-16H,2H2/t3-,4+,5-,6+/m0/s1. The molecular weight excluding hydrogens is 220 g/mol.